The molecule has 0 unspecified atom stereocenters. The zero-order chi connectivity index (χ0) is 23.5. The molecule has 0 aliphatic carbocycles. The molecule has 6 heteroatoms. The molecule has 170 valence electrons. The molecule has 0 amide bonds. The summed E-state index contributed by atoms with van der Waals surface area (Å²) < 4.78 is 23.8. The number of rotatable bonds is 7. The third kappa shape index (κ3) is 4.24. The van der Waals surface area contributed by atoms with Crippen LogP contribution in [0.3, 0.4) is 0 Å². The first-order valence-corrected chi connectivity index (χ1v) is 10.6. The Labute approximate surface area is 194 Å². The van der Waals surface area contributed by atoms with Gasteiger partial charge in [0.2, 0.25) is 0 Å². The second kappa shape index (κ2) is 9.28. The van der Waals surface area contributed by atoms with E-state index >= 15 is 0 Å². The van der Waals surface area contributed by atoms with E-state index in [1.807, 2.05) is 41.1 Å². The van der Waals surface area contributed by atoms with Crippen molar-refractivity contribution in [1.29, 1.82) is 0 Å². The van der Waals surface area contributed by atoms with Crippen molar-refractivity contribution < 1.29 is 18.9 Å². The maximum absolute atomic E-state index is 5.54. The Kier molecular flexibility index (Phi) is 6.27. The lowest BCUT2D eigenvalue weighted by molar-refractivity contribution is 0.355. The highest BCUT2D eigenvalue weighted by Gasteiger charge is 2.17. The molecule has 0 spiro atoms. The summed E-state index contributed by atoms with van der Waals surface area (Å²) >= 11 is 0. The van der Waals surface area contributed by atoms with Crippen molar-refractivity contribution in [1.82, 2.24) is 9.78 Å². The second-order valence-corrected chi connectivity index (χ2v) is 7.73. The largest absolute Gasteiger partial charge is 0.493 e. The number of ether oxygens (including phenoxy) is 4. The highest BCUT2D eigenvalue weighted by molar-refractivity contribution is 5.73. The Hall–Kier alpha value is -3.93. The summed E-state index contributed by atoms with van der Waals surface area (Å²) in [4.78, 5) is 0. The van der Waals surface area contributed by atoms with Gasteiger partial charge in [0.1, 0.15) is 0 Å². The fourth-order valence-electron chi connectivity index (χ4n) is 3.77. The SMILES string of the molecule is COc1ccc(-c2cc(-c3ccc(OC)c(OC)c3)n(-c3ccc(C)c(C)c3)n2)cc1OC. The van der Waals surface area contributed by atoms with E-state index in [4.69, 9.17) is 24.0 Å². The lowest BCUT2D eigenvalue weighted by Crippen LogP contribution is -2.01. The highest BCUT2D eigenvalue weighted by Crippen LogP contribution is 2.37. The third-order valence-corrected chi connectivity index (χ3v) is 5.80. The number of hydrogen-bond donors (Lipinski definition) is 0. The van der Waals surface area contributed by atoms with Crippen LogP contribution in [0.4, 0.5) is 0 Å². The van der Waals surface area contributed by atoms with Gasteiger partial charge in [-0.3, -0.25) is 0 Å². The van der Waals surface area contributed by atoms with Crippen LogP contribution in [0.25, 0.3) is 28.2 Å². The van der Waals surface area contributed by atoms with Gasteiger partial charge in [-0.15, -0.1) is 0 Å². The van der Waals surface area contributed by atoms with E-state index in [0.29, 0.717) is 23.0 Å². The molecule has 1 heterocycles. The van der Waals surface area contributed by atoms with Gasteiger partial charge in [-0.1, -0.05) is 6.07 Å². The summed E-state index contributed by atoms with van der Waals surface area (Å²) in [5, 5.41) is 4.98. The Balaban J connectivity index is 1.91. The van der Waals surface area contributed by atoms with E-state index in [9.17, 15) is 0 Å². The van der Waals surface area contributed by atoms with Crippen molar-refractivity contribution in [2.75, 3.05) is 28.4 Å². The molecule has 0 bridgehead atoms. The average molecular weight is 445 g/mol. The van der Waals surface area contributed by atoms with E-state index in [-0.39, 0.29) is 0 Å². The summed E-state index contributed by atoms with van der Waals surface area (Å²) in [7, 11) is 6.52. The molecular weight excluding hydrogens is 416 g/mol. The van der Waals surface area contributed by atoms with Crippen molar-refractivity contribution in [3.8, 4) is 51.2 Å². The second-order valence-electron chi connectivity index (χ2n) is 7.73. The van der Waals surface area contributed by atoms with Crippen LogP contribution in [0.2, 0.25) is 0 Å². The van der Waals surface area contributed by atoms with Crippen LogP contribution in [-0.2, 0) is 0 Å². The number of methoxy groups -OCH3 is 4. The lowest BCUT2D eigenvalue weighted by Gasteiger charge is -2.12. The van der Waals surface area contributed by atoms with E-state index in [0.717, 1.165) is 28.2 Å². The van der Waals surface area contributed by atoms with Crippen molar-refractivity contribution >= 4 is 0 Å². The molecule has 3 aromatic carbocycles. The Morgan fingerprint density at radius 1 is 0.576 bits per heavy atom. The zero-order valence-corrected chi connectivity index (χ0v) is 19.8. The Bertz CT molecular complexity index is 1290. The maximum Gasteiger partial charge on any atom is 0.161 e. The molecule has 4 rings (SSSR count). The topological polar surface area (TPSA) is 54.7 Å². The van der Waals surface area contributed by atoms with Crippen LogP contribution in [0.15, 0.2) is 60.7 Å². The molecule has 0 N–H and O–H groups in total. The Morgan fingerprint density at radius 3 is 1.73 bits per heavy atom. The van der Waals surface area contributed by atoms with E-state index in [1.165, 1.54) is 11.1 Å². The molecule has 4 aromatic rings. The number of aromatic nitrogens is 2. The molecule has 0 saturated carbocycles. The quantitative estimate of drug-likeness (QED) is 0.357. The number of benzene rings is 3. The minimum absolute atomic E-state index is 0.656. The minimum Gasteiger partial charge on any atom is -0.493 e. The van der Waals surface area contributed by atoms with Crippen molar-refractivity contribution in [3.05, 3.63) is 71.8 Å². The molecule has 0 aliphatic heterocycles. The van der Waals surface area contributed by atoms with Crippen LogP contribution in [0.5, 0.6) is 23.0 Å². The summed E-state index contributed by atoms with van der Waals surface area (Å²) in [5.41, 5.74) is 7.06. The molecule has 0 radical (unpaired) electrons. The van der Waals surface area contributed by atoms with Crippen LogP contribution in [0.1, 0.15) is 11.1 Å². The van der Waals surface area contributed by atoms with Gasteiger partial charge >= 0.3 is 0 Å². The summed E-state index contributed by atoms with van der Waals surface area (Å²) in [5.74, 6) is 2.67. The molecule has 33 heavy (non-hydrogen) atoms. The lowest BCUT2D eigenvalue weighted by atomic mass is 10.1. The van der Waals surface area contributed by atoms with Crippen LogP contribution < -0.4 is 18.9 Å². The van der Waals surface area contributed by atoms with Gasteiger partial charge in [-0.25, -0.2) is 4.68 Å². The number of hydrogen-bond acceptors (Lipinski definition) is 5. The highest BCUT2D eigenvalue weighted by atomic mass is 16.5. The van der Waals surface area contributed by atoms with Gasteiger partial charge < -0.3 is 18.9 Å². The molecule has 0 fully saturated rings. The monoisotopic (exact) mass is 444 g/mol. The first-order valence-electron chi connectivity index (χ1n) is 10.6. The molecule has 0 saturated heterocycles. The number of nitrogens with zero attached hydrogens (tertiary/aromatic N) is 2. The van der Waals surface area contributed by atoms with Gasteiger partial charge in [0, 0.05) is 11.1 Å². The van der Waals surface area contributed by atoms with Gasteiger partial charge in [0.05, 0.1) is 45.5 Å². The van der Waals surface area contributed by atoms with Crippen molar-refractivity contribution in [2.24, 2.45) is 0 Å². The zero-order valence-electron chi connectivity index (χ0n) is 19.8. The first-order chi connectivity index (χ1) is 16.0. The minimum atomic E-state index is 0.656. The molecule has 6 nitrogen and oxygen atoms in total. The third-order valence-electron chi connectivity index (χ3n) is 5.80. The van der Waals surface area contributed by atoms with Gasteiger partial charge in [-0.05, 0) is 79.6 Å². The van der Waals surface area contributed by atoms with E-state index < -0.39 is 0 Å². The molecule has 0 aliphatic rings. The normalized spacial score (nSPS) is 10.7. The summed E-state index contributed by atoms with van der Waals surface area (Å²) in [6, 6.07) is 20.1. The van der Waals surface area contributed by atoms with Crippen LogP contribution in [-0.4, -0.2) is 38.2 Å². The van der Waals surface area contributed by atoms with E-state index in [1.54, 1.807) is 28.4 Å². The molecule has 0 atom stereocenters. The maximum atomic E-state index is 5.54. The van der Waals surface area contributed by atoms with Gasteiger partial charge in [-0.2, -0.15) is 5.10 Å². The van der Waals surface area contributed by atoms with Crippen molar-refractivity contribution in [2.45, 2.75) is 13.8 Å². The van der Waals surface area contributed by atoms with Crippen LogP contribution in [0, 0.1) is 13.8 Å². The first kappa shape index (κ1) is 22.3. The fourth-order valence-corrected chi connectivity index (χ4v) is 3.77. The molecular formula is C27H28N2O4. The molecule has 1 aromatic heterocycles. The van der Waals surface area contributed by atoms with Crippen molar-refractivity contribution in [3.63, 3.8) is 0 Å². The Morgan fingerprint density at radius 2 is 1.15 bits per heavy atom. The fraction of sp³-hybridized carbons (Fsp3) is 0.222. The summed E-state index contributed by atoms with van der Waals surface area (Å²) in [6.45, 7) is 4.21. The van der Waals surface area contributed by atoms with Gasteiger partial charge in [0.25, 0.3) is 0 Å². The predicted molar refractivity (Wildman–Crippen MR) is 130 cm³/mol. The smallest absolute Gasteiger partial charge is 0.161 e. The average Bonchev–Trinajstić information content (AvgIpc) is 3.30. The van der Waals surface area contributed by atoms with E-state index in [2.05, 4.69) is 38.1 Å². The predicted octanol–water partition coefficient (Wildman–Crippen LogP) is 5.86. The summed E-state index contributed by atoms with van der Waals surface area (Å²) in [6.07, 6.45) is 0. The standard InChI is InChI=1S/C27H28N2O4/c1-17-7-10-21(13-18(17)2)29-23(20-9-12-25(31-4)27(15-20)33-6)16-22(28-29)19-8-11-24(30-3)26(14-19)32-5/h7-16H,1-6H3. The van der Waals surface area contributed by atoms with Crippen LogP contribution >= 0.6 is 0 Å². The van der Waals surface area contributed by atoms with Gasteiger partial charge in [0.15, 0.2) is 23.0 Å². The number of aryl methyl sites for hydroxylation is 2.